The van der Waals surface area contributed by atoms with E-state index in [0.29, 0.717) is 6.54 Å². The van der Waals surface area contributed by atoms with Crippen molar-refractivity contribution in [2.75, 3.05) is 38.3 Å². The molecule has 0 bridgehead atoms. The highest BCUT2D eigenvalue weighted by molar-refractivity contribution is 7.98. The largest absolute Gasteiger partial charge is 0.351 e. The number of nitrogens with one attached hydrogen (secondary N) is 3. The lowest BCUT2D eigenvalue weighted by Crippen LogP contribution is -3.11. The Bertz CT molecular complexity index is 752. The summed E-state index contributed by atoms with van der Waals surface area (Å²) in [6.45, 7) is 3.18. The molecule has 0 fully saturated rings. The standard InChI is InChI=1S/C21H27N3O2S/c1-16(17-9-5-4-6-10-17)13-22-20(25)14-24(2)15-21(26)23-18-11-7-8-12-19(18)27-3/h4-12,16H,13-15H2,1-3H3,(H,22,25)(H,23,26)/p+1/t16-/m1/s1. The summed E-state index contributed by atoms with van der Waals surface area (Å²) in [5.41, 5.74) is 2.01. The van der Waals surface area contributed by atoms with Crippen molar-refractivity contribution in [3.63, 3.8) is 0 Å². The summed E-state index contributed by atoms with van der Waals surface area (Å²) in [5.74, 6) is 0.105. The highest BCUT2D eigenvalue weighted by Gasteiger charge is 2.16. The normalized spacial score (nSPS) is 12.9. The Morgan fingerprint density at radius 2 is 1.63 bits per heavy atom. The Hall–Kier alpha value is -2.31. The van der Waals surface area contributed by atoms with Crippen LogP contribution in [0.15, 0.2) is 59.5 Å². The van der Waals surface area contributed by atoms with Crippen LogP contribution in [0.5, 0.6) is 0 Å². The van der Waals surface area contributed by atoms with E-state index in [-0.39, 0.29) is 30.8 Å². The van der Waals surface area contributed by atoms with Gasteiger partial charge in [0.2, 0.25) is 0 Å². The third kappa shape index (κ3) is 7.07. The van der Waals surface area contributed by atoms with Gasteiger partial charge < -0.3 is 15.5 Å². The number of rotatable bonds is 9. The molecule has 0 saturated heterocycles. The molecule has 6 heteroatoms. The van der Waals surface area contributed by atoms with Gasteiger partial charge in [-0.2, -0.15) is 0 Å². The quantitative estimate of drug-likeness (QED) is 0.576. The van der Waals surface area contributed by atoms with Gasteiger partial charge in [0.05, 0.1) is 12.7 Å². The van der Waals surface area contributed by atoms with Crippen molar-refractivity contribution in [2.24, 2.45) is 0 Å². The van der Waals surface area contributed by atoms with Gasteiger partial charge >= 0.3 is 0 Å². The highest BCUT2D eigenvalue weighted by Crippen LogP contribution is 2.24. The number of anilines is 1. The van der Waals surface area contributed by atoms with Crippen LogP contribution in [0.1, 0.15) is 18.4 Å². The van der Waals surface area contributed by atoms with E-state index in [1.807, 2.05) is 55.8 Å². The number of carbonyl (C=O) groups excluding carboxylic acids is 2. The number of likely N-dealkylation sites (N-methyl/N-ethyl adjacent to an activating group) is 1. The van der Waals surface area contributed by atoms with Gasteiger partial charge in [-0.3, -0.25) is 9.59 Å². The average molecular weight is 387 g/mol. The second kappa shape index (κ2) is 10.7. The van der Waals surface area contributed by atoms with Crippen molar-refractivity contribution < 1.29 is 14.5 Å². The van der Waals surface area contributed by atoms with E-state index < -0.39 is 0 Å². The van der Waals surface area contributed by atoms with E-state index in [4.69, 9.17) is 0 Å². The molecule has 0 aliphatic carbocycles. The van der Waals surface area contributed by atoms with Crippen LogP contribution in [-0.4, -0.2) is 44.8 Å². The molecule has 144 valence electrons. The molecule has 0 aromatic heterocycles. The first-order valence-corrected chi connectivity index (χ1v) is 10.3. The lowest BCUT2D eigenvalue weighted by molar-refractivity contribution is -0.862. The van der Waals surface area contributed by atoms with Gasteiger partial charge in [0.15, 0.2) is 13.1 Å². The van der Waals surface area contributed by atoms with Crippen molar-refractivity contribution in [2.45, 2.75) is 17.7 Å². The lowest BCUT2D eigenvalue weighted by Gasteiger charge is -2.16. The highest BCUT2D eigenvalue weighted by atomic mass is 32.2. The fourth-order valence-electron chi connectivity index (χ4n) is 2.78. The number of benzene rings is 2. The van der Waals surface area contributed by atoms with Gasteiger partial charge in [-0.15, -0.1) is 11.8 Å². The average Bonchev–Trinajstić information content (AvgIpc) is 2.67. The summed E-state index contributed by atoms with van der Waals surface area (Å²) >= 11 is 1.59. The van der Waals surface area contributed by atoms with E-state index in [2.05, 4.69) is 29.7 Å². The van der Waals surface area contributed by atoms with Crippen LogP contribution in [0, 0.1) is 0 Å². The van der Waals surface area contributed by atoms with Crippen LogP contribution < -0.4 is 15.5 Å². The maximum absolute atomic E-state index is 12.3. The molecule has 0 spiro atoms. The molecule has 5 nitrogen and oxygen atoms in total. The number of carbonyl (C=O) groups is 2. The third-order valence-electron chi connectivity index (χ3n) is 4.28. The van der Waals surface area contributed by atoms with E-state index >= 15 is 0 Å². The first kappa shape index (κ1) is 21.0. The topological polar surface area (TPSA) is 62.6 Å². The monoisotopic (exact) mass is 386 g/mol. The van der Waals surface area contributed by atoms with Crippen LogP contribution in [0.2, 0.25) is 0 Å². The molecule has 3 N–H and O–H groups in total. The number of thioether (sulfide) groups is 1. The van der Waals surface area contributed by atoms with Crippen LogP contribution in [0.4, 0.5) is 5.69 Å². The second-order valence-electron chi connectivity index (χ2n) is 6.67. The molecule has 2 aromatic carbocycles. The van der Waals surface area contributed by atoms with Gasteiger partial charge in [0.25, 0.3) is 11.8 Å². The van der Waals surface area contributed by atoms with Crippen LogP contribution in [-0.2, 0) is 9.59 Å². The van der Waals surface area contributed by atoms with Crippen molar-refractivity contribution >= 4 is 29.3 Å². The lowest BCUT2D eigenvalue weighted by atomic mass is 10.0. The zero-order valence-electron chi connectivity index (χ0n) is 16.1. The third-order valence-corrected chi connectivity index (χ3v) is 5.08. The fourth-order valence-corrected chi connectivity index (χ4v) is 3.34. The van der Waals surface area contributed by atoms with E-state index in [1.54, 1.807) is 11.8 Å². The maximum atomic E-state index is 12.3. The Balaban J connectivity index is 1.75. The van der Waals surface area contributed by atoms with Gasteiger partial charge in [0.1, 0.15) is 0 Å². The Morgan fingerprint density at radius 1 is 1.00 bits per heavy atom. The van der Waals surface area contributed by atoms with E-state index in [0.717, 1.165) is 15.5 Å². The van der Waals surface area contributed by atoms with Gasteiger partial charge in [0, 0.05) is 11.4 Å². The van der Waals surface area contributed by atoms with Crippen molar-refractivity contribution in [1.29, 1.82) is 0 Å². The molecule has 2 rings (SSSR count). The van der Waals surface area contributed by atoms with Crippen LogP contribution in [0.25, 0.3) is 0 Å². The zero-order valence-corrected chi connectivity index (χ0v) is 16.9. The summed E-state index contributed by atoms with van der Waals surface area (Å²) in [5, 5.41) is 5.88. The molecule has 2 aromatic rings. The molecule has 2 atom stereocenters. The maximum Gasteiger partial charge on any atom is 0.279 e. The van der Waals surface area contributed by atoms with Gasteiger partial charge in [-0.05, 0) is 29.9 Å². The molecule has 0 aliphatic heterocycles. The molecule has 0 heterocycles. The number of quaternary nitrogens is 1. The summed E-state index contributed by atoms with van der Waals surface area (Å²) in [4.78, 5) is 26.3. The smallest absolute Gasteiger partial charge is 0.279 e. The Labute approximate surface area is 165 Å². The predicted octanol–water partition coefficient (Wildman–Crippen LogP) is 1.78. The molecule has 0 saturated carbocycles. The fraction of sp³-hybridized carbons (Fsp3) is 0.333. The molecule has 1 unspecified atom stereocenters. The number of hydrogen-bond donors (Lipinski definition) is 3. The minimum atomic E-state index is -0.0977. The van der Waals surface area contributed by atoms with Crippen LogP contribution >= 0.6 is 11.8 Å². The zero-order chi connectivity index (χ0) is 19.6. The van der Waals surface area contributed by atoms with Crippen molar-refractivity contribution in [3.05, 3.63) is 60.2 Å². The first-order chi connectivity index (χ1) is 13.0. The molecule has 2 amide bonds. The van der Waals surface area contributed by atoms with Crippen molar-refractivity contribution in [3.8, 4) is 0 Å². The van der Waals surface area contributed by atoms with Gasteiger partial charge in [-0.25, -0.2) is 0 Å². The van der Waals surface area contributed by atoms with E-state index in [1.165, 1.54) is 5.56 Å². The van der Waals surface area contributed by atoms with Crippen molar-refractivity contribution in [1.82, 2.24) is 5.32 Å². The van der Waals surface area contributed by atoms with Crippen LogP contribution in [0.3, 0.4) is 0 Å². The summed E-state index contributed by atoms with van der Waals surface area (Å²) < 4.78 is 0. The number of amides is 2. The number of hydrogen-bond acceptors (Lipinski definition) is 3. The van der Waals surface area contributed by atoms with Gasteiger partial charge in [-0.1, -0.05) is 49.4 Å². The molecule has 0 radical (unpaired) electrons. The SMILES string of the molecule is CSc1ccccc1NC(=O)C[NH+](C)CC(=O)NC[C@@H](C)c1ccccc1. The Morgan fingerprint density at radius 3 is 2.33 bits per heavy atom. The minimum absolute atomic E-state index is 0.0485. The van der Waals surface area contributed by atoms with E-state index in [9.17, 15) is 9.59 Å². The summed E-state index contributed by atoms with van der Waals surface area (Å²) in [6, 6.07) is 17.8. The Kier molecular flexibility index (Phi) is 8.36. The number of para-hydroxylation sites is 1. The molecular formula is C21H28N3O2S+. The molecule has 0 aliphatic rings. The second-order valence-corrected chi connectivity index (χ2v) is 7.52. The predicted molar refractivity (Wildman–Crippen MR) is 111 cm³/mol. The summed E-state index contributed by atoms with van der Waals surface area (Å²) in [7, 11) is 1.85. The molecule has 27 heavy (non-hydrogen) atoms. The minimum Gasteiger partial charge on any atom is -0.351 e. The summed E-state index contributed by atoms with van der Waals surface area (Å²) in [6.07, 6.45) is 1.98. The molecular weight excluding hydrogens is 358 g/mol. The first-order valence-electron chi connectivity index (χ1n) is 9.05.